The third-order valence-electron chi connectivity index (χ3n) is 3.42. The molecule has 24 heavy (non-hydrogen) atoms. The zero-order valence-electron chi connectivity index (χ0n) is 13.0. The lowest BCUT2D eigenvalue weighted by Crippen LogP contribution is -2.02. The summed E-state index contributed by atoms with van der Waals surface area (Å²) in [5.74, 6) is 0.412. The maximum atomic E-state index is 13.4. The number of ether oxygens (including phenoxy) is 1. The molecular weight excluding hydrogens is 323 g/mol. The maximum absolute atomic E-state index is 13.4. The SMILES string of the molecule is OCCOc1ccc(-c2ccccc2)cc1Sc1cccc(F)c1. The third-order valence-corrected chi connectivity index (χ3v) is 4.45. The molecule has 3 aromatic rings. The smallest absolute Gasteiger partial charge is 0.133 e. The molecule has 0 saturated heterocycles. The van der Waals surface area contributed by atoms with Crippen molar-refractivity contribution < 1.29 is 14.2 Å². The molecule has 2 nitrogen and oxygen atoms in total. The highest BCUT2D eigenvalue weighted by Crippen LogP contribution is 2.38. The Morgan fingerprint density at radius 1 is 0.875 bits per heavy atom. The molecule has 0 saturated carbocycles. The van der Waals surface area contributed by atoms with E-state index in [4.69, 9.17) is 9.84 Å². The van der Waals surface area contributed by atoms with Crippen molar-refractivity contribution in [3.8, 4) is 16.9 Å². The molecule has 0 spiro atoms. The lowest BCUT2D eigenvalue weighted by atomic mass is 10.1. The summed E-state index contributed by atoms with van der Waals surface area (Å²) in [5, 5.41) is 9.00. The van der Waals surface area contributed by atoms with Crippen molar-refractivity contribution in [3.05, 3.63) is 78.6 Å². The summed E-state index contributed by atoms with van der Waals surface area (Å²) in [7, 11) is 0. The highest BCUT2D eigenvalue weighted by molar-refractivity contribution is 7.99. The van der Waals surface area contributed by atoms with E-state index in [0.29, 0.717) is 5.75 Å². The van der Waals surface area contributed by atoms with Crippen molar-refractivity contribution in [2.24, 2.45) is 0 Å². The van der Waals surface area contributed by atoms with E-state index in [-0.39, 0.29) is 19.0 Å². The van der Waals surface area contributed by atoms with E-state index < -0.39 is 0 Å². The van der Waals surface area contributed by atoms with Gasteiger partial charge in [-0.15, -0.1) is 0 Å². The zero-order valence-corrected chi connectivity index (χ0v) is 13.8. The van der Waals surface area contributed by atoms with Gasteiger partial charge in [0.2, 0.25) is 0 Å². The second-order valence-corrected chi connectivity index (χ2v) is 6.27. The summed E-state index contributed by atoms with van der Waals surface area (Å²) >= 11 is 1.44. The molecule has 0 radical (unpaired) electrons. The topological polar surface area (TPSA) is 29.5 Å². The van der Waals surface area contributed by atoms with Crippen molar-refractivity contribution in [1.82, 2.24) is 0 Å². The third kappa shape index (κ3) is 4.16. The molecule has 3 aromatic carbocycles. The van der Waals surface area contributed by atoms with Crippen LogP contribution >= 0.6 is 11.8 Å². The molecule has 122 valence electrons. The van der Waals surface area contributed by atoms with E-state index in [1.807, 2.05) is 54.6 Å². The second kappa shape index (κ2) is 7.99. The van der Waals surface area contributed by atoms with E-state index in [0.717, 1.165) is 20.9 Å². The van der Waals surface area contributed by atoms with Gasteiger partial charge in [-0.05, 0) is 41.5 Å². The summed E-state index contributed by atoms with van der Waals surface area (Å²) in [6.07, 6.45) is 0. The predicted molar refractivity (Wildman–Crippen MR) is 95.0 cm³/mol. The molecule has 0 bridgehead atoms. The first-order chi connectivity index (χ1) is 11.8. The summed E-state index contributed by atoms with van der Waals surface area (Å²) in [6, 6.07) is 22.4. The molecule has 0 aliphatic heterocycles. The van der Waals surface area contributed by atoms with Crippen LogP contribution in [-0.4, -0.2) is 18.3 Å². The molecule has 0 aliphatic carbocycles. The highest BCUT2D eigenvalue weighted by atomic mass is 32.2. The van der Waals surface area contributed by atoms with Gasteiger partial charge in [-0.1, -0.05) is 54.2 Å². The van der Waals surface area contributed by atoms with Gasteiger partial charge in [0, 0.05) is 4.90 Å². The predicted octanol–water partition coefficient (Wildman–Crippen LogP) is 5.02. The van der Waals surface area contributed by atoms with E-state index >= 15 is 0 Å². The molecule has 0 aliphatic rings. The van der Waals surface area contributed by atoms with Crippen LogP contribution in [0.5, 0.6) is 5.75 Å². The molecule has 3 rings (SSSR count). The van der Waals surface area contributed by atoms with E-state index in [9.17, 15) is 4.39 Å². The maximum Gasteiger partial charge on any atom is 0.133 e. The Hall–Kier alpha value is -2.30. The highest BCUT2D eigenvalue weighted by Gasteiger charge is 2.09. The number of hydrogen-bond acceptors (Lipinski definition) is 3. The average molecular weight is 340 g/mol. The average Bonchev–Trinajstić information content (AvgIpc) is 2.61. The molecule has 0 fully saturated rings. The van der Waals surface area contributed by atoms with Crippen molar-refractivity contribution in [1.29, 1.82) is 0 Å². The van der Waals surface area contributed by atoms with Crippen LogP contribution in [0.4, 0.5) is 4.39 Å². The van der Waals surface area contributed by atoms with Crippen LogP contribution in [0.1, 0.15) is 0 Å². The van der Waals surface area contributed by atoms with E-state index in [1.54, 1.807) is 6.07 Å². The summed E-state index contributed by atoms with van der Waals surface area (Å²) < 4.78 is 19.1. The van der Waals surface area contributed by atoms with Crippen molar-refractivity contribution in [2.75, 3.05) is 13.2 Å². The molecule has 4 heteroatoms. The van der Waals surface area contributed by atoms with Gasteiger partial charge in [0.05, 0.1) is 11.5 Å². The Kier molecular flexibility index (Phi) is 5.51. The molecule has 0 aromatic heterocycles. The van der Waals surface area contributed by atoms with Gasteiger partial charge in [0.15, 0.2) is 0 Å². The van der Waals surface area contributed by atoms with Gasteiger partial charge in [-0.25, -0.2) is 4.39 Å². The van der Waals surface area contributed by atoms with Crippen LogP contribution in [0.3, 0.4) is 0 Å². The number of halogens is 1. The Bertz CT molecular complexity index is 806. The molecular formula is C20H17FO2S. The number of aliphatic hydroxyl groups is 1. The molecule has 0 heterocycles. The van der Waals surface area contributed by atoms with E-state index in [1.165, 1.54) is 23.9 Å². The van der Waals surface area contributed by atoms with Crippen LogP contribution in [0.2, 0.25) is 0 Å². The fourth-order valence-corrected chi connectivity index (χ4v) is 3.32. The van der Waals surface area contributed by atoms with Gasteiger partial charge < -0.3 is 9.84 Å². The summed E-state index contributed by atoms with van der Waals surface area (Å²) in [6.45, 7) is 0.173. The van der Waals surface area contributed by atoms with Gasteiger partial charge in [0.25, 0.3) is 0 Å². The van der Waals surface area contributed by atoms with Crippen LogP contribution in [0.25, 0.3) is 11.1 Å². The van der Waals surface area contributed by atoms with Crippen LogP contribution in [-0.2, 0) is 0 Å². The van der Waals surface area contributed by atoms with Crippen molar-refractivity contribution in [3.63, 3.8) is 0 Å². The van der Waals surface area contributed by atoms with Crippen LogP contribution in [0.15, 0.2) is 82.6 Å². The Balaban J connectivity index is 1.96. The number of aliphatic hydroxyl groups excluding tert-OH is 1. The normalized spacial score (nSPS) is 10.6. The lowest BCUT2D eigenvalue weighted by Gasteiger charge is -2.13. The first-order valence-corrected chi connectivity index (χ1v) is 8.44. The standard InChI is InChI=1S/C20H17FO2S/c21-17-7-4-8-18(14-17)24-20-13-16(15-5-2-1-3-6-15)9-10-19(20)23-12-11-22/h1-10,13-14,22H,11-12H2. The fourth-order valence-electron chi connectivity index (χ4n) is 2.33. The molecule has 0 atom stereocenters. The first kappa shape index (κ1) is 16.6. The minimum Gasteiger partial charge on any atom is -0.490 e. The summed E-state index contributed by atoms with van der Waals surface area (Å²) in [4.78, 5) is 1.68. The van der Waals surface area contributed by atoms with Gasteiger partial charge in [0.1, 0.15) is 18.2 Å². The van der Waals surface area contributed by atoms with Gasteiger partial charge >= 0.3 is 0 Å². The van der Waals surface area contributed by atoms with Gasteiger partial charge in [-0.2, -0.15) is 0 Å². The Labute approximate surface area is 144 Å². The monoisotopic (exact) mass is 340 g/mol. The number of rotatable bonds is 6. The van der Waals surface area contributed by atoms with Crippen LogP contribution < -0.4 is 4.74 Å². The first-order valence-electron chi connectivity index (χ1n) is 7.63. The Morgan fingerprint density at radius 3 is 2.46 bits per heavy atom. The number of hydrogen-bond donors (Lipinski definition) is 1. The molecule has 0 amide bonds. The summed E-state index contributed by atoms with van der Waals surface area (Å²) in [5.41, 5.74) is 2.16. The van der Waals surface area contributed by atoms with Crippen molar-refractivity contribution in [2.45, 2.75) is 9.79 Å². The second-order valence-electron chi connectivity index (χ2n) is 5.16. The van der Waals surface area contributed by atoms with Crippen LogP contribution in [0, 0.1) is 5.82 Å². The Morgan fingerprint density at radius 2 is 1.71 bits per heavy atom. The lowest BCUT2D eigenvalue weighted by molar-refractivity contribution is 0.198. The largest absolute Gasteiger partial charge is 0.490 e. The fraction of sp³-hybridized carbons (Fsp3) is 0.100. The van der Waals surface area contributed by atoms with Gasteiger partial charge in [-0.3, -0.25) is 0 Å². The van der Waals surface area contributed by atoms with E-state index in [2.05, 4.69) is 0 Å². The minimum atomic E-state index is -0.267. The van der Waals surface area contributed by atoms with Crippen molar-refractivity contribution >= 4 is 11.8 Å². The zero-order chi connectivity index (χ0) is 16.8. The molecule has 1 N–H and O–H groups in total. The molecule has 0 unspecified atom stereocenters. The minimum absolute atomic E-state index is 0.0511. The number of benzene rings is 3. The quantitative estimate of drug-likeness (QED) is 0.683.